The first-order valence-corrected chi connectivity index (χ1v) is 11.6. The van der Waals surface area contributed by atoms with Gasteiger partial charge in [-0.15, -0.1) is 0 Å². The number of alkyl halides is 1. The highest BCUT2D eigenvalue weighted by Crippen LogP contribution is 2.36. The van der Waals surface area contributed by atoms with E-state index in [-0.39, 0.29) is 5.82 Å². The third-order valence-electron chi connectivity index (χ3n) is 4.85. The summed E-state index contributed by atoms with van der Waals surface area (Å²) < 4.78 is 53.3. The third-order valence-corrected chi connectivity index (χ3v) is 5.46. The Balaban J connectivity index is 0.000000785. The average molecular weight is 444 g/mol. The van der Waals surface area contributed by atoms with E-state index in [0.29, 0.717) is 29.7 Å². The maximum absolute atomic E-state index is 14.4. The largest absolute Gasteiger partial charge is 0.284 e. The fourth-order valence-electron chi connectivity index (χ4n) is 3.35. The zero-order chi connectivity index (χ0) is 23.0. The molecule has 0 fully saturated rings. The van der Waals surface area contributed by atoms with Crippen molar-refractivity contribution in [2.45, 2.75) is 19.8 Å². The Morgan fingerprint density at radius 2 is 1.77 bits per heavy atom. The van der Waals surface area contributed by atoms with E-state index in [1.54, 1.807) is 36.4 Å². The number of benzene rings is 2. The van der Waals surface area contributed by atoms with Crippen molar-refractivity contribution in [3.8, 4) is 0 Å². The number of allylic oxidation sites excluding steroid dienone is 5. The molecule has 2 aromatic rings. The average Bonchev–Trinajstić information content (AvgIpc) is 2.85. The lowest BCUT2D eigenvalue weighted by Crippen LogP contribution is -2.09. The third kappa shape index (κ3) is 6.76. The molecule has 6 heteroatoms. The van der Waals surface area contributed by atoms with E-state index >= 15 is 0 Å². The van der Waals surface area contributed by atoms with Gasteiger partial charge in [-0.05, 0) is 77.5 Å². The van der Waals surface area contributed by atoms with Gasteiger partial charge in [0.15, 0.2) is 0 Å². The summed E-state index contributed by atoms with van der Waals surface area (Å²) in [5, 5.41) is 0. The topological polar surface area (TPSA) is 46.2 Å². The van der Waals surface area contributed by atoms with Gasteiger partial charge < -0.3 is 0 Å². The zero-order valence-electron chi connectivity index (χ0n) is 17.8. The van der Waals surface area contributed by atoms with Gasteiger partial charge in [-0.25, -0.2) is 17.2 Å². The van der Waals surface area contributed by atoms with Crippen LogP contribution in [0.3, 0.4) is 0 Å². The predicted octanol–water partition coefficient (Wildman–Crippen LogP) is 6.33. The highest BCUT2D eigenvalue weighted by molar-refractivity contribution is 7.92. The Morgan fingerprint density at radius 1 is 1.10 bits per heavy atom. The lowest BCUT2D eigenvalue weighted by atomic mass is 9.92. The number of rotatable bonds is 5. The number of nitrogens with one attached hydrogen (secondary N) is 1. The van der Waals surface area contributed by atoms with Gasteiger partial charge in [0.25, 0.3) is 0 Å². The van der Waals surface area contributed by atoms with E-state index in [9.17, 15) is 17.2 Å². The summed E-state index contributed by atoms with van der Waals surface area (Å²) >= 11 is 0. The molecule has 0 bridgehead atoms. The first-order valence-electron chi connectivity index (χ1n) is 9.76. The number of halogens is 2. The molecule has 0 spiro atoms. The van der Waals surface area contributed by atoms with Crippen LogP contribution in [0.1, 0.15) is 30.0 Å². The van der Waals surface area contributed by atoms with Crippen LogP contribution < -0.4 is 4.72 Å². The lowest BCUT2D eigenvalue weighted by Gasteiger charge is -2.13. The molecule has 1 N–H and O–H groups in total. The van der Waals surface area contributed by atoms with Crippen LogP contribution in [0.5, 0.6) is 0 Å². The van der Waals surface area contributed by atoms with Crippen molar-refractivity contribution in [3.05, 3.63) is 101 Å². The van der Waals surface area contributed by atoms with E-state index in [1.807, 2.05) is 25.1 Å². The highest BCUT2D eigenvalue weighted by Gasteiger charge is 2.20. The molecule has 0 saturated heterocycles. The number of hydrogen-bond acceptors (Lipinski definition) is 2. The van der Waals surface area contributed by atoms with E-state index in [4.69, 9.17) is 0 Å². The summed E-state index contributed by atoms with van der Waals surface area (Å²) in [7, 11) is -3.39. The molecule has 0 aliphatic heterocycles. The molecule has 31 heavy (non-hydrogen) atoms. The Kier molecular flexibility index (Phi) is 8.51. The molecule has 0 amide bonds. The molecular weight excluding hydrogens is 416 g/mol. The molecule has 0 saturated carbocycles. The predicted molar refractivity (Wildman–Crippen MR) is 127 cm³/mol. The Bertz CT molecular complexity index is 1130. The van der Waals surface area contributed by atoms with Gasteiger partial charge in [0.05, 0.1) is 6.26 Å². The van der Waals surface area contributed by atoms with Crippen molar-refractivity contribution in [2.75, 3.05) is 17.7 Å². The minimum absolute atomic E-state index is 0.293. The summed E-state index contributed by atoms with van der Waals surface area (Å²) in [6, 6.07) is 11.8. The van der Waals surface area contributed by atoms with Gasteiger partial charge in [-0.3, -0.25) is 4.72 Å². The molecule has 0 unspecified atom stereocenters. The second kappa shape index (κ2) is 10.9. The maximum Gasteiger partial charge on any atom is 0.229 e. The standard InChI is InChI=1S/C21H21F2NO2S.C4H6/c1-14-16(13-22)9-10-19-18(7-4-8-21(19)23)20(14)12-15-5-3-6-17(11-15)24-27(2,25)26;1-3-4-2/h3-8,11-12,24H,9-10,13H2,1-2H3;3-4H,1-2H2/b20-12+;. The summed E-state index contributed by atoms with van der Waals surface area (Å²) in [5.74, 6) is -0.293. The minimum Gasteiger partial charge on any atom is -0.284 e. The van der Waals surface area contributed by atoms with Crippen molar-refractivity contribution in [2.24, 2.45) is 0 Å². The van der Waals surface area contributed by atoms with Crippen molar-refractivity contribution in [3.63, 3.8) is 0 Å². The van der Waals surface area contributed by atoms with E-state index in [1.165, 1.54) is 6.07 Å². The number of sulfonamides is 1. The van der Waals surface area contributed by atoms with E-state index < -0.39 is 16.7 Å². The van der Waals surface area contributed by atoms with Crippen LogP contribution >= 0.6 is 0 Å². The van der Waals surface area contributed by atoms with Crippen LogP contribution in [-0.4, -0.2) is 21.3 Å². The summed E-state index contributed by atoms with van der Waals surface area (Å²) in [4.78, 5) is 0. The Morgan fingerprint density at radius 3 is 2.39 bits per heavy atom. The van der Waals surface area contributed by atoms with Gasteiger partial charge in [0.2, 0.25) is 10.0 Å². The smallest absolute Gasteiger partial charge is 0.229 e. The summed E-state index contributed by atoms with van der Waals surface area (Å²) in [5.41, 5.74) is 4.71. The minimum atomic E-state index is -3.39. The van der Waals surface area contributed by atoms with Gasteiger partial charge in [-0.1, -0.05) is 49.6 Å². The second-order valence-corrected chi connectivity index (χ2v) is 8.91. The monoisotopic (exact) mass is 443 g/mol. The van der Waals surface area contributed by atoms with Crippen molar-refractivity contribution in [1.82, 2.24) is 0 Å². The Hall–Kier alpha value is -2.99. The molecule has 0 aromatic heterocycles. The van der Waals surface area contributed by atoms with Crippen LogP contribution in [-0.2, 0) is 16.4 Å². The van der Waals surface area contributed by atoms with Crippen LogP contribution in [0.25, 0.3) is 11.6 Å². The van der Waals surface area contributed by atoms with Crippen molar-refractivity contribution in [1.29, 1.82) is 0 Å². The summed E-state index contributed by atoms with van der Waals surface area (Å²) in [6.45, 7) is 7.99. The molecular formula is C25H27F2NO2S. The molecule has 3 rings (SSSR count). The molecule has 3 nitrogen and oxygen atoms in total. The zero-order valence-corrected chi connectivity index (χ0v) is 18.6. The van der Waals surface area contributed by atoms with Crippen molar-refractivity contribution < 1.29 is 17.2 Å². The van der Waals surface area contributed by atoms with E-state index in [0.717, 1.165) is 28.5 Å². The molecule has 0 radical (unpaired) electrons. The fourth-order valence-corrected chi connectivity index (χ4v) is 3.90. The highest BCUT2D eigenvalue weighted by atomic mass is 32.2. The molecule has 1 aliphatic carbocycles. The second-order valence-electron chi connectivity index (χ2n) is 7.16. The van der Waals surface area contributed by atoms with Crippen LogP contribution in [0.2, 0.25) is 0 Å². The summed E-state index contributed by atoms with van der Waals surface area (Å²) in [6.07, 6.45) is 7.14. The fraction of sp³-hybridized carbons (Fsp3) is 0.200. The van der Waals surface area contributed by atoms with Crippen molar-refractivity contribution >= 4 is 27.4 Å². The van der Waals surface area contributed by atoms with Crippen LogP contribution in [0.4, 0.5) is 14.5 Å². The molecule has 2 aromatic carbocycles. The van der Waals surface area contributed by atoms with Gasteiger partial charge >= 0.3 is 0 Å². The number of hydrogen-bond donors (Lipinski definition) is 1. The SMILES string of the molecule is C=CC=C.CC1=C(CF)CCc2c(F)cccc2/C1=C/c1cccc(NS(C)(=O)=O)c1. The number of fused-ring (bicyclic) bond motifs is 1. The molecule has 0 atom stereocenters. The normalized spacial score (nSPS) is 14.8. The Labute approximate surface area is 183 Å². The van der Waals surface area contributed by atoms with Gasteiger partial charge in [-0.2, -0.15) is 0 Å². The lowest BCUT2D eigenvalue weighted by molar-refractivity contribution is 0.527. The number of anilines is 1. The molecule has 1 aliphatic rings. The molecule has 164 valence electrons. The maximum atomic E-state index is 14.4. The van der Waals surface area contributed by atoms with Crippen LogP contribution in [0.15, 0.2) is 78.9 Å². The van der Waals surface area contributed by atoms with Crippen LogP contribution in [0, 0.1) is 5.82 Å². The first kappa shape index (κ1) is 24.3. The molecule has 0 heterocycles. The van der Waals surface area contributed by atoms with Gasteiger partial charge in [0, 0.05) is 5.69 Å². The van der Waals surface area contributed by atoms with Gasteiger partial charge in [0.1, 0.15) is 12.5 Å². The first-order chi connectivity index (χ1) is 14.7. The quantitative estimate of drug-likeness (QED) is 0.549. The van der Waals surface area contributed by atoms with E-state index in [2.05, 4.69) is 17.9 Å².